The zero-order valence-electron chi connectivity index (χ0n) is 32.3. The van der Waals surface area contributed by atoms with E-state index in [1.54, 1.807) is 0 Å². The molecule has 63 heavy (non-hydrogen) atoms. The summed E-state index contributed by atoms with van der Waals surface area (Å²) < 4.78 is 22.0. The molecule has 0 amide bonds. The van der Waals surface area contributed by atoms with Gasteiger partial charge in [0.15, 0.2) is 46.0 Å². The van der Waals surface area contributed by atoms with Crippen LogP contribution >= 0.6 is 0 Å². The van der Waals surface area contributed by atoms with Crippen molar-refractivity contribution in [3.8, 4) is 46.0 Å². The minimum absolute atomic E-state index is 0.0599. The highest BCUT2D eigenvalue weighted by Crippen LogP contribution is 2.49. The standard InChI is InChI=1S/C42H40O21/c43-15-32-35(51)36(52)37(53)42(63-32)62-29-14-20-19(13-28(29)50)11-21(40(58)60-30(38(54)55)9-16-1-4-22(44)25(47)7-16)34(33(20)18-3-6-24(46)27(49)12-18)41(59)61-31(39(56)57)10-17-2-5-23(45)26(48)8-17/h1-8,11-14,30-37,42-53H,9-10,15H2,(H,54,55)(H,56,57)/t30-,31-,32?,33-,34?,35?,36?,37?,42?/m1/s1. The van der Waals surface area contributed by atoms with E-state index < -0.39 is 150 Å². The Balaban J connectivity index is 1.49. The van der Waals surface area contributed by atoms with Crippen LogP contribution in [0, 0.1) is 5.92 Å². The van der Waals surface area contributed by atoms with Gasteiger partial charge in [0, 0.05) is 18.8 Å². The maximum Gasteiger partial charge on any atom is 0.345 e. The average molecular weight is 881 g/mol. The van der Waals surface area contributed by atoms with Gasteiger partial charge in [-0.15, -0.1) is 0 Å². The molecule has 2 aliphatic rings. The molecule has 9 atom stereocenters. The number of aliphatic carboxylic acids is 2. The molecule has 1 saturated heterocycles. The van der Waals surface area contributed by atoms with Crippen molar-refractivity contribution < 1.29 is 105 Å². The number of phenols is 7. The number of esters is 2. The summed E-state index contributed by atoms with van der Waals surface area (Å²) in [6.45, 7) is -0.841. The molecule has 1 fully saturated rings. The van der Waals surface area contributed by atoms with E-state index in [-0.39, 0.29) is 27.8 Å². The summed E-state index contributed by atoms with van der Waals surface area (Å²) in [5, 5.41) is 133. The van der Waals surface area contributed by atoms with Crippen molar-refractivity contribution in [1.82, 2.24) is 0 Å². The van der Waals surface area contributed by atoms with E-state index in [4.69, 9.17) is 18.9 Å². The lowest BCUT2D eigenvalue weighted by atomic mass is 9.71. The number of carbonyl (C=O) groups excluding carboxylic acids is 2. The molecule has 0 aromatic heterocycles. The molecule has 21 heteroatoms. The largest absolute Gasteiger partial charge is 0.504 e. The second-order valence-corrected chi connectivity index (χ2v) is 14.6. The first-order chi connectivity index (χ1) is 29.8. The lowest BCUT2D eigenvalue weighted by Gasteiger charge is -2.39. The number of rotatable bonds is 14. The van der Waals surface area contributed by atoms with E-state index in [1.807, 2.05) is 0 Å². The number of hydrogen-bond donors (Lipinski definition) is 13. The Morgan fingerprint density at radius 2 is 1.16 bits per heavy atom. The van der Waals surface area contributed by atoms with Crippen molar-refractivity contribution in [3.63, 3.8) is 0 Å². The van der Waals surface area contributed by atoms with Gasteiger partial charge < -0.3 is 85.3 Å². The van der Waals surface area contributed by atoms with Gasteiger partial charge in [0.1, 0.15) is 24.4 Å². The first kappa shape index (κ1) is 45.2. The Morgan fingerprint density at radius 1 is 0.619 bits per heavy atom. The van der Waals surface area contributed by atoms with E-state index >= 15 is 0 Å². The molecule has 4 aromatic carbocycles. The number of aliphatic hydroxyl groups is 4. The Kier molecular flexibility index (Phi) is 13.2. The highest BCUT2D eigenvalue weighted by molar-refractivity contribution is 6.03. The molecule has 0 bridgehead atoms. The number of aliphatic hydroxyl groups excluding tert-OH is 4. The van der Waals surface area contributed by atoms with Crippen LogP contribution in [0.4, 0.5) is 0 Å². The third-order valence-corrected chi connectivity index (χ3v) is 10.4. The van der Waals surface area contributed by atoms with Crippen LogP contribution < -0.4 is 4.74 Å². The Labute approximate surface area is 354 Å². The van der Waals surface area contributed by atoms with E-state index in [1.165, 1.54) is 18.2 Å². The molecule has 6 unspecified atom stereocenters. The Morgan fingerprint density at radius 3 is 1.68 bits per heavy atom. The highest BCUT2D eigenvalue weighted by Gasteiger charge is 2.47. The number of ether oxygens (including phenoxy) is 4. The summed E-state index contributed by atoms with van der Waals surface area (Å²) in [7, 11) is 0. The predicted molar refractivity (Wildman–Crippen MR) is 208 cm³/mol. The molecule has 0 spiro atoms. The van der Waals surface area contributed by atoms with Crippen LogP contribution in [0.15, 0.2) is 72.3 Å². The lowest BCUT2D eigenvalue weighted by Crippen LogP contribution is -2.60. The molecule has 0 saturated carbocycles. The third kappa shape index (κ3) is 9.61. The van der Waals surface area contributed by atoms with Gasteiger partial charge in [-0.3, -0.25) is 4.79 Å². The van der Waals surface area contributed by atoms with Crippen LogP contribution in [-0.4, -0.2) is 140 Å². The molecular weight excluding hydrogens is 840 g/mol. The average Bonchev–Trinajstić information content (AvgIpc) is 3.23. The normalized spacial score (nSPS) is 22.7. The van der Waals surface area contributed by atoms with Crippen LogP contribution in [0.25, 0.3) is 6.08 Å². The summed E-state index contributed by atoms with van der Waals surface area (Å²) >= 11 is 0. The summed E-state index contributed by atoms with van der Waals surface area (Å²) in [5.41, 5.74) is -0.833. The SMILES string of the molecule is O=C(O[C@H](Cc1ccc(O)c(O)c1)C(=O)O)C1=Cc2cc(O)c(OC3OC(CO)C(O)C(O)C3O)cc2[C@@H](c2ccc(O)c(O)c2)C1C(=O)O[C@H](Cc1ccc(O)c(O)c1)C(=O)O. The van der Waals surface area contributed by atoms with Crippen LogP contribution in [-0.2, 0) is 46.2 Å². The van der Waals surface area contributed by atoms with Gasteiger partial charge in [-0.1, -0.05) is 18.2 Å². The molecule has 1 aliphatic heterocycles. The second-order valence-electron chi connectivity index (χ2n) is 14.6. The van der Waals surface area contributed by atoms with Crippen molar-refractivity contribution in [2.45, 2.75) is 61.7 Å². The van der Waals surface area contributed by atoms with Crippen LogP contribution in [0.5, 0.6) is 46.0 Å². The van der Waals surface area contributed by atoms with Crippen LogP contribution in [0.1, 0.15) is 33.7 Å². The highest BCUT2D eigenvalue weighted by atomic mass is 16.7. The van der Waals surface area contributed by atoms with E-state index in [0.29, 0.717) is 0 Å². The lowest BCUT2D eigenvalue weighted by molar-refractivity contribution is -0.277. The summed E-state index contributed by atoms with van der Waals surface area (Å²) in [5.74, 6) is -15.1. The molecule has 334 valence electrons. The summed E-state index contributed by atoms with van der Waals surface area (Å²) in [6, 6.07) is 11.8. The maximum atomic E-state index is 14.6. The van der Waals surface area contributed by atoms with Gasteiger partial charge >= 0.3 is 23.9 Å². The van der Waals surface area contributed by atoms with Gasteiger partial charge in [0.25, 0.3) is 0 Å². The fourth-order valence-corrected chi connectivity index (χ4v) is 7.14. The molecule has 1 aliphatic carbocycles. The fourth-order valence-electron chi connectivity index (χ4n) is 7.14. The number of hydrogen-bond acceptors (Lipinski definition) is 19. The number of aromatic hydroxyl groups is 7. The van der Waals surface area contributed by atoms with Gasteiger partial charge in [-0.25, -0.2) is 14.4 Å². The number of carboxylic acid groups (broad SMARTS) is 2. The van der Waals surface area contributed by atoms with Crippen LogP contribution in [0.2, 0.25) is 0 Å². The number of carbonyl (C=O) groups is 4. The third-order valence-electron chi connectivity index (χ3n) is 10.4. The summed E-state index contributed by atoms with van der Waals surface area (Å²) in [6.07, 6.45) is -13.3. The summed E-state index contributed by atoms with van der Waals surface area (Å²) in [4.78, 5) is 53.9. The molecule has 1 heterocycles. The van der Waals surface area contributed by atoms with Crippen molar-refractivity contribution in [1.29, 1.82) is 0 Å². The fraction of sp³-hybridized carbons (Fsp3) is 0.286. The number of phenolic OH excluding ortho intramolecular Hbond substituents is 7. The predicted octanol–water partition coefficient (Wildman–Crippen LogP) is 0.428. The van der Waals surface area contributed by atoms with E-state index in [9.17, 15) is 85.6 Å². The maximum absolute atomic E-state index is 14.6. The quantitative estimate of drug-likeness (QED) is 0.0603. The topological polar surface area (TPSA) is 368 Å². The minimum atomic E-state index is -2.06. The smallest absolute Gasteiger partial charge is 0.345 e. The first-order valence-electron chi connectivity index (χ1n) is 18.7. The Hall–Kier alpha value is -7.30. The van der Waals surface area contributed by atoms with Crippen molar-refractivity contribution >= 4 is 30.0 Å². The van der Waals surface area contributed by atoms with Crippen LogP contribution in [0.3, 0.4) is 0 Å². The van der Waals surface area contributed by atoms with Gasteiger partial charge in [0.05, 0.1) is 18.1 Å². The molecule has 4 aromatic rings. The number of carboxylic acids is 2. The first-order valence-corrected chi connectivity index (χ1v) is 18.7. The zero-order valence-corrected chi connectivity index (χ0v) is 32.3. The molecular formula is C42H40O21. The van der Waals surface area contributed by atoms with Gasteiger partial charge in [0.2, 0.25) is 18.5 Å². The molecule has 0 radical (unpaired) electrons. The van der Waals surface area contributed by atoms with Crippen molar-refractivity contribution in [3.05, 3.63) is 100 Å². The van der Waals surface area contributed by atoms with Gasteiger partial charge in [-0.2, -0.15) is 0 Å². The van der Waals surface area contributed by atoms with Crippen molar-refractivity contribution in [2.75, 3.05) is 6.61 Å². The van der Waals surface area contributed by atoms with E-state index in [2.05, 4.69) is 0 Å². The van der Waals surface area contributed by atoms with Crippen molar-refractivity contribution in [2.24, 2.45) is 5.92 Å². The van der Waals surface area contributed by atoms with E-state index in [0.717, 1.165) is 54.6 Å². The second kappa shape index (κ2) is 18.4. The minimum Gasteiger partial charge on any atom is -0.504 e. The van der Waals surface area contributed by atoms with Gasteiger partial charge in [-0.05, 0) is 82.4 Å². The zero-order chi connectivity index (χ0) is 46.0. The molecule has 6 rings (SSSR count). The molecule has 13 N–H and O–H groups in total. The Bertz CT molecular complexity index is 2440. The molecule has 21 nitrogen and oxygen atoms in total. The number of benzene rings is 4. The number of fused-ring (bicyclic) bond motifs is 1. The monoisotopic (exact) mass is 880 g/mol.